The predicted molar refractivity (Wildman–Crippen MR) is 98.9 cm³/mol. The molecule has 0 unspecified atom stereocenters. The van der Waals surface area contributed by atoms with E-state index in [1.165, 1.54) is 22.8 Å². The zero-order valence-electron chi connectivity index (χ0n) is 14.7. The second-order valence-electron chi connectivity index (χ2n) is 6.15. The number of hydrogen-bond acceptors (Lipinski definition) is 4. The Morgan fingerprint density at radius 1 is 1.14 bits per heavy atom. The van der Waals surface area contributed by atoms with E-state index in [9.17, 15) is 13.6 Å². The highest BCUT2D eigenvalue weighted by Crippen LogP contribution is 2.21. The number of benzene rings is 1. The number of nitrogens with zero attached hydrogens (tertiary/aromatic N) is 5. The normalized spacial score (nSPS) is 11.2. The van der Waals surface area contributed by atoms with Gasteiger partial charge in [-0.15, -0.1) is 0 Å². The van der Waals surface area contributed by atoms with Gasteiger partial charge in [0, 0.05) is 23.9 Å². The van der Waals surface area contributed by atoms with E-state index in [0.29, 0.717) is 11.2 Å². The number of carbonyl (C=O) groups excluding carboxylic acids is 1. The number of hydrogen-bond donors (Lipinski definition) is 1. The third-order valence-corrected chi connectivity index (χ3v) is 4.30. The second kappa shape index (κ2) is 6.68. The number of nitrogens with one attached hydrogen (secondary N) is 1. The Hall–Kier alpha value is -3.33. The number of halogens is 3. The quantitative estimate of drug-likeness (QED) is 0.530. The molecule has 4 rings (SSSR count). The molecule has 7 nitrogen and oxygen atoms in total. The highest BCUT2D eigenvalue weighted by Gasteiger charge is 2.19. The monoisotopic (exact) mass is 402 g/mol. The maximum Gasteiger partial charge on any atom is 0.277 e. The van der Waals surface area contributed by atoms with Gasteiger partial charge in [-0.25, -0.2) is 23.0 Å². The van der Waals surface area contributed by atoms with E-state index in [1.54, 1.807) is 19.9 Å². The molecule has 0 aliphatic rings. The van der Waals surface area contributed by atoms with Crippen molar-refractivity contribution in [2.24, 2.45) is 0 Å². The van der Waals surface area contributed by atoms with Crippen molar-refractivity contribution < 1.29 is 13.6 Å². The summed E-state index contributed by atoms with van der Waals surface area (Å²) in [7, 11) is 0. The summed E-state index contributed by atoms with van der Waals surface area (Å²) in [5, 5.41) is 11.1. The van der Waals surface area contributed by atoms with Gasteiger partial charge in [-0.3, -0.25) is 4.79 Å². The predicted octanol–water partition coefficient (Wildman–Crippen LogP) is 3.72. The van der Waals surface area contributed by atoms with Crippen LogP contribution in [-0.4, -0.2) is 30.3 Å². The van der Waals surface area contributed by atoms with Crippen LogP contribution < -0.4 is 5.32 Å². The molecule has 0 saturated carbocycles. The number of fused-ring (bicyclic) bond motifs is 1. The van der Waals surface area contributed by atoms with Crippen molar-refractivity contribution in [2.75, 3.05) is 5.32 Å². The smallest absolute Gasteiger partial charge is 0.277 e. The molecule has 1 N–H and O–H groups in total. The molecule has 142 valence electrons. The Bertz CT molecular complexity index is 1210. The minimum atomic E-state index is -0.788. The van der Waals surface area contributed by atoms with Crippen LogP contribution in [0.3, 0.4) is 0 Å². The van der Waals surface area contributed by atoms with Crippen molar-refractivity contribution in [1.29, 1.82) is 0 Å². The van der Waals surface area contributed by atoms with Crippen LogP contribution in [0, 0.1) is 25.5 Å². The van der Waals surface area contributed by atoms with Crippen molar-refractivity contribution in [2.45, 2.75) is 13.8 Å². The minimum Gasteiger partial charge on any atom is -0.305 e. The van der Waals surface area contributed by atoms with E-state index in [0.717, 1.165) is 22.5 Å². The summed E-state index contributed by atoms with van der Waals surface area (Å²) < 4.78 is 30.4. The maximum atomic E-state index is 14.0. The molecule has 10 heteroatoms. The van der Waals surface area contributed by atoms with Crippen LogP contribution >= 0.6 is 11.6 Å². The Labute approximate surface area is 162 Å². The Balaban J connectivity index is 1.67. The number of para-hydroxylation sites is 1. The van der Waals surface area contributed by atoms with Crippen LogP contribution in [-0.2, 0) is 0 Å². The van der Waals surface area contributed by atoms with E-state index < -0.39 is 17.5 Å². The molecular formula is C18H13ClF2N6O. The van der Waals surface area contributed by atoms with Gasteiger partial charge >= 0.3 is 0 Å². The van der Waals surface area contributed by atoms with Gasteiger partial charge in [0.1, 0.15) is 16.7 Å². The number of aryl methyl sites for hydroxylation is 2. The first-order valence-electron chi connectivity index (χ1n) is 8.18. The van der Waals surface area contributed by atoms with Crippen LogP contribution in [0.1, 0.15) is 21.7 Å². The number of anilines is 1. The molecule has 0 aliphatic carbocycles. The maximum absolute atomic E-state index is 14.0. The standard InChI is InChI=1S/C18H13ClF2N6O/c1-9-8-26(17-11(20)4-3-5-12(17)21)25-16(9)18(28)23-14-7-13(19)27-15(22-14)6-10(2)24-27/h3-8H,1-2H3,(H,22,23,28). The van der Waals surface area contributed by atoms with Crippen molar-refractivity contribution in [3.05, 3.63) is 70.3 Å². The van der Waals surface area contributed by atoms with Gasteiger partial charge in [0.25, 0.3) is 5.91 Å². The number of aromatic nitrogens is 5. The van der Waals surface area contributed by atoms with E-state index in [-0.39, 0.29) is 22.4 Å². The van der Waals surface area contributed by atoms with Gasteiger partial charge in [-0.05, 0) is 26.0 Å². The lowest BCUT2D eigenvalue weighted by Crippen LogP contribution is -2.16. The van der Waals surface area contributed by atoms with E-state index in [4.69, 9.17) is 11.6 Å². The first-order valence-corrected chi connectivity index (χ1v) is 8.56. The van der Waals surface area contributed by atoms with Gasteiger partial charge in [0.15, 0.2) is 23.0 Å². The van der Waals surface area contributed by atoms with Gasteiger partial charge in [0.05, 0.1) is 5.69 Å². The third kappa shape index (κ3) is 3.09. The van der Waals surface area contributed by atoms with Gasteiger partial charge in [-0.1, -0.05) is 17.7 Å². The molecule has 4 aromatic rings. The van der Waals surface area contributed by atoms with Gasteiger partial charge in [-0.2, -0.15) is 10.2 Å². The first-order chi connectivity index (χ1) is 13.3. The second-order valence-corrected chi connectivity index (χ2v) is 6.54. The molecular weight excluding hydrogens is 390 g/mol. The van der Waals surface area contributed by atoms with Crippen LogP contribution in [0.4, 0.5) is 14.6 Å². The largest absolute Gasteiger partial charge is 0.305 e. The van der Waals surface area contributed by atoms with E-state index in [2.05, 4.69) is 20.5 Å². The zero-order valence-corrected chi connectivity index (χ0v) is 15.5. The van der Waals surface area contributed by atoms with E-state index in [1.807, 2.05) is 0 Å². The van der Waals surface area contributed by atoms with Gasteiger partial charge in [0.2, 0.25) is 0 Å². The average Bonchev–Trinajstić information content (AvgIpc) is 3.17. The Morgan fingerprint density at radius 3 is 2.57 bits per heavy atom. The third-order valence-electron chi connectivity index (χ3n) is 4.03. The van der Waals surface area contributed by atoms with Crippen molar-refractivity contribution in [1.82, 2.24) is 24.4 Å². The fraction of sp³-hybridized carbons (Fsp3) is 0.111. The molecule has 3 aromatic heterocycles. The van der Waals surface area contributed by atoms with Crippen molar-refractivity contribution in [3.8, 4) is 5.69 Å². The number of amides is 1. The topological polar surface area (TPSA) is 77.1 Å². The molecule has 0 aliphatic heterocycles. The van der Waals surface area contributed by atoms with Crippen LogP contribution in [0.5, 0.6) is 0 Å². The Morgan fingerprint density at radius 2 is 1.86 bits per heavy atom. The fourth-order valence-corrected chi connectivity index (χ4v) is 3.03. The van der Waals surface area contributed by atoms with Gasteiger partial charge < -0.3 is 5.32 Å². The molecule has 0 fully saturated rings. The van der Waals surface area contributed by atoms with Crippen LogP contribution in [0.2, 0.25) is 5.15 Å². The summed E-state index contributed by atoms with van der Waals surface area (Å²) >= 11 is 6.16. The zero-order chi connectivity index (χ0) is 20.0. The molecule has 1 amide bonds. The lowest BCUT2D eigenvalue weighted by atomic mass is 10.2. The summed E-state index contributed by atoms with van der Waals surface area (Å²) in [5.41, 5.74) is 1.27. The SMILES string of the molecule is Cc1cc2nc(NC(=O)c3nn(-c4c(F)cccc4F)cc3C)cc(Cl)n2n1. The number of rotatable bonds is 3. The summed E-state index contributed by atoms with van der Waals surface area (Å²) in [6.07, 6.45) is 1.38. The summed E-state index contributed by atoms with van der Waals surface area (Å²) in [6, 6.07) is 6.64. The molecule has 0 radical (unpaired) electrons. The molecule has 0 saturated heterocycles. The lowest BCUT2D eigenvalue weighted by molar-refractivity contribution is 0.102. The Kier molecular flexibility index (Phi) is 4.31. The van der Waals surface area contributed by atoms with Crippen LogP contribution in [0.25, 0.3) is 11.3 Å². The average molecular weight is 403 g/mol. The molecule has 0 spiro atoms. The van der Waals surface area contributed by atoms with Crippen molar-refractivity contribution in [3.63, 3.8) is 0 Å². The highest BCUT2D eigenvalue weighted by atomic mass is 35.5. The van der Waals surface area contributed by atoms with Crippen LogP contribution in [0.15, 0.2) is 36.5 Å². The van der Waals surface area contributed by atoms with E-state index >= 15 is 0 Å². The molecule has 1 aromatic carbocycles. The molecule has 0 atom stereocenters. The first kappa shape index (κ1) is 18.1. The highest BCUT2D eigenvalue weighted by molar-refractivity contribution is 6.30. The molecule has 3 heterocycles. The minimum absolute atomic E-state index is 0.00476. The summed E-state index contributed by atoms with van der Waals surface area (Å²) in [6.45, 7) is 3.40. The summed E-state index contributed by atoms with van der Waals surface area (Å²) in [4.78, 5) is 16.9. The number of carbonyl (C=O) groups is 1. The molecule has 0 bridgehead atoms. The lowest BCUT2D eigenvalue weighted by Gasteiger charge is -2.06. The summed E-state index contributed by atoms with van der Waals surface area (Å²) in [5.74, 6) is -1.96. The molecule has 28 heavy (non-hydrogen) atoms. The van der Waals surface area contributed by atoms with Crippen molar-refractivity contribution >= 4 is 29.0 Å². The fourth-order valence-electron chi connectivity index (χ4n) is 2.80.